The molecule has 0 atom stereocenters. The topological polar surface area (TPSA) is 123 Å². The van der Waals surface area contributed by atoms with E-state index in [1.54, 1.807) is 67.8 Å². The van der Waals surface area contributed by atoms with E-state index in [2.05, 4.69) is 20.9 Å². The maximum atomic E-state index is 13.4. The van der Waals surface area contributed by atoms with Gasteiger partial charge in [-0.15, -0.1) is 11.8 Å². The summed E-state index contributed by atoms with van der Waals surface area (Å²) in [6, 6.07) is 37.8. The largest absolute Gasteiger partial charge is 0.497 e. The summed E-state index contributed by atoms with van der Waals surface area (Å²) >= 11 is 1.37. The first-order valence-corrected chi connectivity index (χ1v) is 15.9. The number of carbonyl (C=O) groups excluding carboxylic acids is 3. The van der Waals surface area contributed by atoms with Crippen molar-refractivity contribution in [3.8, 4) is 17.2 Å². The summed E-state index contributed by atoms with van der Waals surface area (Å²) in [4.78, 5) is 44.3. The molecule has 238 valence electrons. The van der Waals surface area contributed by atoms with E-state index in [1.165, 1.54) is 11.8 Å². The monoisotopic (exact) mass is 654 g/mol. The maximum Gasteiger partial charge on any atom is 0.272 e. The standard InChI is InChI=1S/C38H30N4O5S/c1-46-30-11-7-8-25(22-30)23-33(41-36(44)26-9-3-2-4-10-26)37(45)40-29-18-20-31(21-19-29)48-24-35(43)39-28-16-14-27(15-17-28)38-42-32-12-5-6-13-34(32)47-38/h2-23H,24H2,1H3,(H,39,43)(H,40,45)(H,41,44)/b33-23-. The molecule has 6 rings (SSSR count). The molecule has 3 amide bonds. The summed E-state index contributed by atoms with van der Waals surface area (Å²) in [5.41, 5.74) is 4.67. The zero-order valence-electron chi connectivity index (χ0n) is 25.8. The van der Waals surface area contributed by atoms with Crippen LogP contribution in [0.5, 0.6) is 5.75 Å². The average molecular weight is 655 g/mol. The number of benzene rings is 5. The highest BCUT2D eigenvalue weighted by molar-refractivity contribution is 8.00. The third-order valence-corrected chi connectivity index (χ3v) is 8.14. The van der Waals surface area contributed by atoms with Crippen LogP contribution in [-0.4, -0.2) is 35.6 Å². The van der Waals surface area contributed by atoms with Gasteiger partial charge >= 0.3 is 0 Å². The number of rotatable bonds is 11. The Bertz CT molecular complexity index is 2060. The number of nitrogens with zero attached hydrogens (tertiary/aromatic N) is 1. The number of anilines is 2. The van der Waals surface area contributed by atoms with Crippen LogP contribution in [-0.2, 0) is 9.59 Å². The number of methoxy groups -OCH3 is 1. The smallest absolute Gasteiger partial charge is 0.272 e. The van der Waals surface area contributed by atoms with E-state index in [0.717, 1.165) is 21.6 Å². The number of aromatic nitrogens is 1. The molecule has 0 fully saturated rings. The maximum absolute atomic E-state index is 13.4. The molecule has 3 N–H and O–H groups in total. The molecule has 0 aliphatic heterocycles. The lowest BCUT2D eigenvalue weighted by atomic mass is 10.1. The summed E-state index contributed by atoms with van der Waals surface area (Å²) in [5.74, 6) is 0.262. The van der Waals surface area contributed by atoms with E-state index in [-0.39, 0.29) is 17.4 Å². The fourth-order valence-electron chi connectivity index (χ4n) is 4.71. The van der Waals surface area contributed by atoms with Gasteiger partial charge in [-0.1, -0.05) is 42.5 Å². The van der Waals surface area contributed by atoms with Gasteiger partial charge in [0, 0.05) is 27.4 Å². The zero-order valence-corrected chi connectivity index (χ0v) is 26.6. The lowest BCUT2D eigenvalue weighted by molar-refractivity contribution is -0.114. The van der Waals surface area contributed by atoms with Gasteiger partial charge in [-0.05, 0) is 96.6 Å². The van der Waals surface area contributed by atoms with Crippen molar-refractivity contribution in [3.63, 3.8) is 0 Å². The highest BCUT2D eigenvalue weighted by Crippen LogP contribution is 2.26. The first-order chi connectivity index (χ1) is 23.4. The van der Waals surface area contributed by atoms with Crippen LogP contribution in [0.25, 0.3) is 28.6 Å². The summed E-state index contributed by atoms with van der Waals surface area (Å²) in [5, 5.41) is 8.48. The number of fused-ring (bicyclic) bond motifs is 1. The highest BCUT2D eigenvalue weighted by Gasteiger charge is 2.16. The molecule has 10 heteroatoms. The van der Waals surface area contributed by atoms with Gasteiger partial charge in [0.05, 0.1) is 12.9 Å². The van der Waals surface area contributed by atoms with Gasteiger partial charge in [0.25, 0.3) is 11.8 Å². The van der Waals surface area contributed by atoms with Crippen LogP contribution in [0.1, 0.15) is 15.9 Å². The predicted molar refractivity (Wildman–Crippen MR) is 189 cm³/mol. The van der Waals surface area contributed by atoms with Crippen molar-refractivity contribution in [1.82, 2.24) is 10.3 Å². The highest BCUT2D eigenvalue weighted by atomic mass is 32.2. The predicted octanol–water partition coefficient (Wildman–Crippen LogP) is 7.64. The van der Waals surface area contributed by atoms with Crippen LogP contribution in [0.2, 0.25) is 0 Å². The number of hydrogen-bond acceptors (Lipinski definition) is 7. The van der Waals surface area contributed by atoms with Crippen molar-refractivity contribution in [2.75, 3.05) is 23.5 Å². The third-order valence-electron chi connectivity index (χ3n) is 7.13. The van der Waals surface area contributed by atoms with E-state index in [4.69, 9.17) is 9.15 Å². The van der Waals surface area contributed by atoms with Crippen molar-refractivity contribution in [2.24, 2.45) is 0 Å². The molecule has 0 aliphatic carbocycles. The summed E-state index contributed by atoms with van der Waals surface area (Å²) in [6.07, 6.45) is 1.59. The molecule has 1 heterocycles. The zero-order chi connectivity index (χ0) is 33.3. The van der Waals surface area contributed by atoms with Gasteiger partial charge in [0.1, 0.15) is 17.0 Å². The fourth-order valence-corrected chi connectivity index (χ4v) is 5.41. The lowest BCUT2D eigenvalue weighted by Crippen LogP contribution is -2.30. The quantitative estimate of drug-likeness (QED) is 0.0969. The first kappa shape index (κ1) is 31.8. The molecular formula is C38H30N4O5S. The average Bonchev–Trinajstić information content (AvgIpc) is 3.56. The Morgan fingerprint density at radius 3 is 2.25 bits per heavy atom. The minimum atomic E-state index is -0.496. The van der Waals surface area contributed by atoms with E-state index in [9.17, 15) is 14.4 Å². The molecule has 9 nitrogen and oxygen atoms in total. The van der Waals surface area contributed by atoms with Gasteiger partial charge in [-0.25, -0.2) is 4.98 Å². The summed E-state index contributed by atoms with van der Waals surface area (Å²) in [7, 11) is 1.56. The van der Waals surface area contributed by atoms with Crippen molar-refractivity contribution >= 4 is 58.0 Å². The van der Waals surface area contributed by atoms with E-state index in [1.807, 2.05) is 72.8 Å². The van der Waals surface area contributed by atoms with Crippen molar-refractivity contribution in [3.05, 3.63) is 144 Å². The molecule has 0 spiro atoms. The Kier molecular flexibility index (Phi) is 9.93. The van der Waals surface area contributed by atoms with Gasteiger partial charge in [0.2, 0.25) is 11.8 Å². The normalized spacial score (nSPS) is 11.1. The molecule has 1 aromatic heterocycles. The van der Waals surface area contributed by atoms with Crippen molar-refractivity contribution in [1.29, 1.82) is 0 Å². The van der Waals surface area contributed by atoms with Gasteiger partial charge in [-0.3, -0.25) is 14.4 Å². The molecule has 0 radical (unpaired) electrons. The van der Waals surface area contributed by atoms with E-state index >= 15 is 0 Å². The Balaban J connectivity index is 1.05. The minimum absolute atomic E-state index is 0.0640. The number of hydrogen-bond donors (Lipinski definition) is 3. The number of oxazole rings is 1. The molecule has 0 aliphatic rings. The van der Waals surface area contributed by atoms with Crippen LogP contribution in [0.15, 0.2) is 142 Å². The second-order valence-corrected chi connectivity index (χ2v) is 11.6. The van der Waals surface area contributed by atoms with Gasteiger partial charge < -0.3 is 25.1 Å². The third kappa shape index (κ3) is 8.17. The van der Waals surface area contributed by atoms with E-state index in [0.29, 0.717) is 34.1 Å². The van der Waals surface area contributed by atoms with Crippen LogP contribution < -0.4 is 20.7 Å². The molecule has 0 saturated heterocycles. The number of amides is 3. The van der Waals surface area contributed by atoms with Gasteiger partial charge in [0.15, 0.2) is 5.58 Å². The van der Waals surface area contributed by atoms with Crippen molar-refractivity contribution < 1.29 is 23.5 Å². The van der Waals surface area contributed by atoms with Crippen molar-refractivity contribution in [2.45, 2.75) is 4.90 Å². The number of para-hydroxylation sites is 2. The second kappa shape index (κ2) is 15.0. The summed E-state index contributed by atoms with van der Waals surface area (Å²) < 4.78 is 11.1. The molecule has 5 aromatic carbocycles. The molecular weight excluding hydrogens is 625 g/mol. The number of nitrogens with one attached hydrogen (secondary N) is 3. The second-order valence-electron chi connectivity index (χ2n) is 10.5. The lowest BCUT2D eigenvalue weighted by Gasteiger charge is -2.12. The Hall–Kier alpha value is -6.13. The summed E-state index contributed by atoms with van der Waals surface area (Å²) in [6.45, 7) is 0. The molecule has 0 unspecified atom stereocenters. The SMILES string of the molecule is COc1cccc(/C=C(\NC(=O)c2ccccc2)C(=O)Nc2ccc(SCC(=O)Nc3ccc(-c4nc5ccccc5o4)cc3)cc2)c1. The molecule has 0 bridgehead atoms. The Morgan fingerprint density at radius 1 is 0.792 bits per heavy atom. The Morgan fingerprint density at radius 2 is 1.50 bits per heavy atom. The van der Waals surface area contributed by atoms with Crippen LogP contribution in [0, 0.1) is 0 Å². The van der Waals surface area contributed by atoms with Gasteiger partial charge in [-0.2, -0.15) is 0 Å². The van der Waals surface area contributed by atoms with E-state index < -0.39 is 11.8 Å². The molecule has 0 saturated carbocycles. The Labute approximate surface area is 281 Å². The van der Waals surface area contributed by atoms with Crippen LogP contribution in [0.3, 0.4) is 0 Å². The van der Waals surface area contributed by atoms with Crippen LogP contribution >= 0.6 is 11.8 Å². The number of thioether (sulfide) groups is 1. The number of ether oxygens (including phenoxy) is 1. The van der Waals surface area contributed by atoms with Crippen LogP contribution in [0.4, 0.5) is 11.4 Å². The fraction of sp³-hybridized carbons (Fsp3) is 0.0526. The molecule has 48 heavy (non-hydrogen) atoms. The minimum Gasteiger partial charge on any atom is -0.497 e. The first-order valence-electron chi connectivity index (χ1n) is 15.0. The molecule has 6 aromatic rings. The number of carbonyl (C=O) groups is 3.